The van der Waals surface area contributed by atoms with E-state index in [0.717, 1.165) is 106 Å². The number of aryl methyl sites for hydroxylation is 4. The van der Waals surface area contributed by atoms with Crippen LogP contribution in [0.25, 0.3) is 123 Å². The molecule has 0 unspecified atom stereocenters. The second-order valence-electron chi connectivity index (χ2n) is 19.4. The average Bonchev–Trinajstić information content (AvgIpc) is 3.94. The van der Waals surface area contributed by atoms with E-state index in [-0.39, 0.29) is 0 Å². The molecule has 8 nitrogen and oxygen atoms in total. The van der Waals surface area contributed by atoms with Crippen LogP contribution in [0.5, 0.6) is 0 Å². The van der Waals surface area contributed by atoms with Crippen molar-refractivity contribution in [1.29, 1.82) is 0 Å². The molecular formula is C66H50N8. The Hall–Kier alpha value is -9.40. The summed E-state index contributed by atoms with van der Waals surface area (Å²) in [5.41, 5.74) is 19.1. The molecule has 0 aliphatic heterocycles. The maximum Gasteiger partial charge on any atom is 0.164 e. The lowest BCUT2D eigenvalue weighted by Gasteiger charge is -2.21. The highest BCUT2D eigenvalue weighted by molar-refractivity contribution is 6.26. The van der Waals surface area contributed by atoms with Gasteiger partial charge in [-0.15, -0.1) is 0 Å². The summed E-state index contributed by atoms with van der Waals surface area (Å²) in [5, 5.41) is 4.70. The van der Waals surface area contributed by atoms with Crippen LogP contribution in [0.1, 0.15) is 33.4 Å². The Morgan fingerprint density at radius 1 is 0.284 bits per heavy atom. The third-order valence-electron chi connectivity index (χ3n) is 14.6. The van der Waals surface area contributed by atoms with Gasteiger partial charge in [-0.05, 0) is 93.1 Å². The maximum atomic E-state index is 5.27. The van der Waals surface area contributed by atoms with Gasteiger partial charge in [-0.3, -0.25) is 0 Å². The highest BCUT2D eigenvalue weighted by atomic mass is 15.1. The first-order valence-electron chi connectivity index (χ1n) is 25.1. The molecule has 354 valence electrons. The molecule has 9 aromatic carbocycles. The van der Waals surface area contributed by atoms with Crippen LogP contribution in [0.15, 0.2) is 194 Å². The second kappa shape index (κ2) is 17.7. The average molecular weight is 955 g/mol. The topological polar surface area (TPSA) is 87.2 Å². The number of fused-ring (bicyclic) bond motifs is 7. The predicted molar refractivity (Wildman–Crippen MR) is 303 cm³/mol. The van der Waals surface area contributed by atoms with E-state index < -0.39 is 0 Å². The number of hydrogen-bond acceptors (Lipinski definition) is 6. The van der Waals surface area contributed by atoms with Gasteiger partial charge in [0.15, 0.2) is 34.9 Å². The Labute approximate surface area is 429 Å². The molecule has 0 bridgehead atoms. The zero-order valence-corrected chi connectivity index (χ0v) is 42.1. The van der Waals surface area contributed by atoms with E-state index in [2.05, 4.69) is 172 Å². The van der Waals surface area contributed by atoms with Crippen molar-refractivity contribution in [3.05, 3.63) is 228 Å². The van der Waals surface area contributed by atoms with E-state index in [1.807, 2.05) is 72.8 Å². The Bertz CT molecular complexity index is 4230. The van der Waals surface area contributed by atoms with Crippen molar-refractivity contribution in [2.45, 2.75) is 41.5 Å². The minimum atomic E-state index is 0.635. The lowest BCUT2D eigenvalue weighted by atomic mass is 9.95. The summed E-state index contributed by atoms with van der Waals surface area (Å²) in [6.07, 6.45) is 0. The van der Waals surface area contributed by atoms with Crippen molar-refractivity contribution >= 4 is 43.6 Å². The first kappa shape index (κ1) is 44.5. The lowest BCUT2D eigenvalue weighted by molar-refractivity contribution is 1.05. The summed E-state index contributed by atoms with van der Waals surface area (Å²) in [7, 11) is 0. The van der Waals surface area contributed by atoms with Crippen molar-refractivity contribution in [3.63, 3.8) is 0 Å². The molecule has 0 N–H and O–H groups in total. The predicted octanol–water partition coefficient (Wildman–Crippen LogP) is 16.1. The Balaban J connectivity index is 1.08. The molecule has 13 aromatic rings. The summed E-state index contributed by atoms with van der Waals surface area (Å²) in [5.74, 6) is 3.82. The van der Waals surface area contributed by atoms with Crippen molar-refractivity contribution < 1.29 is 0 Å². The molecule has 0 fully saturated rings. The summed E-state index contributed by atoms with van der Waals surface area (Å²) in [6.45, 7) is 13.3. The van der Waals surface area contributed by atoms with Gasteiger partial charge in [-0.25, -0.2) is 29.9 Å². The molecule has 4 heterocycles. The third-order valence-corrected chi connectivity index (χ3v) is 14.6. The van der Waals surface area contributed by atoms with E-state index in [9.17, 15) is 0 Å². The molecule has 0 aliphatic carbocycles. The first-order valence-corrected chi connectivity index (χ1v) is 25.1. The lowest BCUT2D eigenvalue weighted by Crippen LogP contribution is -2.07. The van der Waals surface area contributed by atoms with Crippen molar-refractivity contribution in [2.75, 3.05) is 0 Å². The minimum absolute atomic E-state index is 0.635. The van der Waals surface area contributed by atoms with E-state index in [1.54, 1.807) is 0 Å². The van der Waals surface area contributed by atoms with Crippen LogP contribution >= 0.6 is 0 Å². The number of nitrogens with zero attached hydrogens (tertiary/aromatic N) is 8. The monoisotopic (exact) mass is 954 g/mol. The second-order valence-corrected chi connectivity index (χ2v) is 19.4. The fraction of sp³-hybridized carbons (Fsp3) is 0.0909. The van der Waals surface area contributed by atoms with Crippen LogP contribution in [-0.2, 0) is 0 Å². The number of rotatable bonds is 8. The zero-order chi connectivity index (χ0) is 50.2. The standard InChI is InChI=1S/C66H50N8/c1-39-37-41(3)58(43(5)55(39)65-69-61(45-23-11-7-12-24-45)67-62(70-65)46-25-13-8-14-26-46)73-53-34-22-20-32-51(53)57-54(73)36-35-50-49-31-19-21-33-52(49)74(60(50)57)59-42(4)38-40(2)56(44(59)6)66-71-63(47-27-15-9-16-28-47)68-64(72-66)48-29-17-10-18-30-48/h7-38H,1-6H3. The first-order chi connectivity index (χ1) is 36.2. The van der Waals surface area contributed by atoms with Gasteiger partial charge >= 0.3 is 0 Å². The molecule has 0 saturated carbocycles. The minimum Gasteiger partial charge on any atom is -0.309 e. The molecule has 0 spiro atoms. The highest BCUT2D eigenvalue weighted by Gasteiger charge is 2.27. The van der Waals surface area contributed by atoms with Crippen molar-refractivity contribution in [3.8, 4) is 79.7 Å². The molecule has 0 amide bonds. The number of para-hydroxylation sites is 2. The van der Waals surface area contributed by atoms with E-state index in [0.29, 0.717) is 34.9 Å². The third kappa shape index (κ3) is 7.20. The maximum absolute atomic E-state index is 5.27. The summed E-state index contributed by atoms with van der Waals surface area (Å²) < 4.78 is 4.98. The van der Waals surface area contributed by atoms with Crippen LogP contribution in [0.3, 0.4) is 0 Å². The Kier molecular flexibility index (Phi) is 10.7. The molecule has 0 radical (unpaired) electrons. The fourth-order valence-corrected chi connectivity index (χ4v) is 11.5. The van der Waals surface area contributed by atoms with Gasteiger partial charge in [0.1, 0.15) is 0 Å². The summed E-state index contributed by atoms with van der Waals surface area (Å²) in [6, 6.07) is 67.6. The van der Waals surface area contributed by atoms with Crippen LogP contribution in [0.2, 0.25) is 0 Å². The number of aromatic nitrogens is 8. The van der Waals surface area contributed by atoms with Gasteiger partial charge in [0, 0.05) is 54.9 Å². The zero-order valence-electron chi connectivity index (χ0n) is 42.1. The largest absolute Gasteiger partial charge is 0.309 e. The molecule has 8 heteroatoms. The SMILES string of the molecule is Cc1cc(C)c(-n2c3ccccc3c3c2ccc2c4ccccc4n(-c4c(C)cc(C)c(-c5nc(-c6ccccc6)nc(-c6ccccc6)n5)c4C)c23)c(C)c1-c1nc(-c2ccccc2)nc(-c2ccccc2)n1. The number of hydrogen-bond donors (Lipinski definition) is 0. The van der Waals surface area contributed by atoms with Gasteiger partial charge in [-0.1, -0.05) is 176 Å². The molecule has 0 atom stereocenters. The summed E-state index contributed by atoms with van der Waals surface area (Å²) >= 11 is 0. The Morgan fingerprint density at radius 3 is 1.07 bits per heavy atom. The molecule has 74 heavy (non-hydrogen) atoms. The van der Waals surface area contributed by atoms with Gasteiger partial charge in [0.05, 0.1) is 33.4 Å². The normalized spacial score (nSPS) is 11.6. The molecule has 4 aromatic heterocycles. The highest BCUT2D eigenvalue weighted by Crippen LogP contribution is 2.46. The van der Waals surface area contributed by atoms with Crippen molar-refractivity contribution in [2.24, 2.45) is 0 Å². The molecule has 13 rings (SSSR count). The van der Waals surface area contributed by atoms with Crippen LogP contribution in [-0.4, -0.2) is 39.0 Å². The van der Waals surface area contributed by atoms with E-state index >= 15 is 0 Å². The van der Waals surface area contributed by atoms with Gasteiger partial charge in [-0.2, -0.15) is 0 Å². The van der Waals surface area contributed by atoms with Gasteiger partial charge in [0.25, 0.3) is 0 Å². The molecule has 0 saturated heterocycles. The smallest absolute Gasteiger partial charge is 0.164 e. The van der Waals surface area contributed by atoms with Gasteiger partial charge in [0.2, 0.25) is 0 Å². The van der Waals surface area contributed by atoms with Crippen LogP contribution < -0.4 is 0 Å². The Morgan fingerprint density at radius 2 is 0.635 bits per heavy atom. The molecular weight excluding hydrogens is 905 g/mol. The molecule has 0 aliphatic rings. The van der Waals surface area contributed by atoms with Crippen LogP contribution in [0, 0.1) is 41.5 Å². The van der Waals surface area contributed by atoms with Crippen LogP contribution in [0.4, 0.5) is 0 Å². The number of benzene rings is 9. The van der Waals surface area contributed by atoms with Crippen molar-refractivity contribution in [1.82, 2.24) is 39.0 Å². The fourth-order valence-electron chi connectivity index (χ4n) is 11.5. The summed E-state index contributed by atoms with van der Waals surface area (Å²) in [4.78, 5) is 31.1. The quantitative estimate of drug-likeness (QED) is 0.151. The van der Waals surface area contributed by atoms with E-state index in [1.165, 1.54) is 16.2 Å². The van der Waals surface area contributed by atoms with Gasteiger partial charge < -0.3 is 9.13 Å². The van der Waals surface area contributed by atoms with E-state index in [4.69, 9.17) is 29.9 Å².